The Hall–Kier alpha value is -3.09. The highest BCUT2D eigenvalue weighted by molar-refractivity contribution is 6.03. The van der Waals surface area contributed by atoms with E-state index in [1.807, 2.05) is 32.0 Å². The summed E-state index contributed by atoms with van der Waals surface area (Å²) in [6.07, 6.45) is -1.03. The summed E-state index contributed by atoms with van der Waals surface area (Å²) in [5.41, 5.74) is 3.41. The lowest BCUT2D eigenvalue weighted by Crippen LogP contribution is -2.28. The number of aryl methyl sites for hydroxylation is 3. The molecule has 0 aliphatic heterocycles. The van der Waals surface area contributed by atoms with Crippen molar-refractivity contribution in [2.45, 2.75) is 40.7 Å². The maximum Gasteiger partial charge on any atom is 0.344 e. The van der Waals surface area contributed by atoms with Gasteiger partial charge in [-0.05, 0) is 57.4 Å². The average molecular weight is 387 g/mol. The Labute approximate surface area is 164 Å². The number of aromatic amines is 1. The third-order valence-electron chi connectivity index (χ3n) is 4.44. The van der Waals surface area contributed by atoms with Crippen molar-refractivity contribution in [3.05, 3.63) is 51.8 Å². The Kier molecular flexibility index (Phi) is 6.62. The van der Waals surface area contributed by atoms with Gasteiger partial charge in [-0.3, -0.25) is 4.79 Å². The average Bonchev–Trinajstić information content (AvgIpc) is 2.95. The van der Waals surface area contributed by atoms with E-state index in [0.29, 0.717) is 22.6 Å². The van der Waals surface area contributed by atoms with Gasteiger partial charge in [0.25, 0.3) is 0 Å². The number of esters is 2. The Bertz CT molecular complexity index is 912. The molecule has 7 heteroatoms. The fourth-order valence-electron chi connectivity index (χ4n) is 2.89. The van der Waals surface area contributed by atoms with Crippen LogP contribution in [0.25, 0.3) is 0 Å². The molecule has 1 aromatic heterocycles. The van der Waals surface area contributed by atoms with Crippen molar-refractivity contribution in [3.8, 4) is 5.75 Å². The van der Waals surface area contributed by atoms with E-state index in [9.17, 15) is 14.4 Å². The number of benzene rings is 1. The molecule has 0 fully saturated rings. The summed E-state index contributed by atoms with van der Waals surface area (Å²) in [5.74, 6) is -1.03. The van der Waals surface area contributed by atoms with Crippen LogP contribution in [0.5, 0.6) is 5.75 Å². The number of carbonyl (C=O) groups excluding carboxylic acids is 3. The van der Waals surface area contributed by atoms with Gasteiger partial charge in [-0.2, -0.15) is 0 Å². The van der Waals surface area contributed by atoms with Crippen LogP contribution in [0.2, 0.25) is 0 Å². The highest BCUT2D eigenvalue weighted by Crippen LogP contribution is 2.21. The predicted octanol–water partition coefficient (Wildman–Crippen LogP) is 3.23. The third-order valence-corrected chi connectivity index (χ3v) is 4.44. The summed E-state index contributed by atoms with van der Waals surface area (Å²) < 4.78 is 15.4. The Morgan fingerprint density at radius 2 is 1.79 bits per heavy atom. The fraction of sp³-hybridized carbons (Fsp3) is 0.381. The van der Waals surface area contributed by atoms with Crippen LogP contribution in [0.15, 0.2) is 18.2 Å². The molecule has 1 N–H and O–H groups in total. The van der Waals surface area contributed by atoms with Crippen LogP contribution in [0.3, 0.4) is 0 Å². The number of ether oxygens (including phenoxy) is 3. The van der Waals surface area contributed by atoms with Crippen LogP contribution in [0.1, 0.15) is 50.2 Å². The number of carbonyl (C=O) groups is 3. The molecule has 1 unspecified atom stereocenters. The van der Waals surface area contributed by atoms with Crippen molar-refractivity contribution in [2.75, 3.05) is 13.7 Å². The molecule has 0 amide bonds. The zero-order chi connectivity index (χ0) is 21.0. The lowest BCUT2D eigenvalue weighted by Gasteiger charge is -2.14. The van der Waals surface area contributed by atoms with Crippen molar-refractivity contribution < 1.29 is 28.6 Å². The number of hydrogen-bond acceptors (Lipinski definition) is 6. The van der Waals surface area contributed by atoms with Gasteiger partial charge >= 0.3 is 11.9 Å². The van der Waals surface area contributed by atoms with E-state index in [2.05, 4.69) is 4.98 Å². The van der Waals surface area contributed by atoms with Gasteiger partial charge in [0.05, 0.1) is 18.4 Å². The predicted molar refractivity (Wildman–Crippen MR) is 103 cm³/mol. The number of methoxy groups -OCH3 is 1. The second kappa shape index (κ2) is 8.73. The molecule has 0 radical (unpaired) electrons. The highest BCUT2D eigenvalue weighted by Gasteiger charge is 2.27. The molecule has 1 aromatic carbocycles. The highest BCUT2D eigenvalue weighted by atomic mass is 16.6. The second-order valence-corrected chi connectivity index (χ2v) is 6.67. The lowest BCUT2D eigenvalue weighted by molar-refractivity contribution is -0.148. The van der Waals surface area contributed by atoms with Crippen LogP contribution in [-0.2, 0) is 14.3 Å². The second-order valence-electron chi connectivity index (χ2n) is 6.67. The minimum atomic E-state index is -1.03. The van der Waals surface area contributed by atoms with Crippen molar-refractivity contribution in [2.24, 2.45) is 0 Å². The SMILES string of the molecule is COC(=O)c1c(C)[nH]c(C(=O)C(C)OC(=O)COc2cc(C)ccc2C)c1C. The molecule has 1 atom stereocenters. The number of H-pyrrole nitrogens is 1. The van der Waals surface area contributed by atoms with Crippen molar-refractivity contribution in [1.29, 1.82) is 0 Å². The van der Waals surface area contributed by atoms with E-state index in [1.165, 1.54) is 14.0 Å². The zero-order valence-corrected chi connectivity index (χ0v) is 17.0. The minimum Gasteiger partial charge on any atom is -0.482 e. The molecule has 7 nitrogen and oxygen atoms in total. The third kappa shape index (κ3) is 4.60. The smallest absolute Gasteiger partial charge is 0.344 e. The maximum absolute atomic E-state index is 12.6. The van der Waals surface area contributed by atoms with Crippen LogP contribution in [-0.4, -0.2) is 42.5 Å². The topological polar surface area (TPSA) is 94.7 Å². The monoisotopic (exact) mass is 387 g/mol. The number of Topliss-reactive ketones (excluding diaryl/α,β-unsaturated/α-hetero) is 1. The van der Waals surface area contributed by atoms with E-state index in [1.54, 1.807) is 13.8 Å². The van der Waals surface area contributed by atoms with Gasteiger partial charge in [0, 0.05) is 5.69 Å². The van der Waals surface area contributed by atoms with E-state index in [-0.39, 0.29) is 12.3 Å². The lowest BCUT2D eigenvalue weighted by atomic mass is 10.1. The number of nitrogens with one attached hydrogen (secondary N) is 1. The summed E-state index contributed by atoms with van der Waals surface area (Å²) in [7, 11) is 1.27. The molecule has 0 saturated carbocycles. The minimum absolute atomic E-state index is 0.216. The quantitative estimate of drug-likeness (QED) is 0.579. The molecular weight excluding hydrogens is 362 g/mol. The summed E-state index contributed by atoms with van der Waals surface area (Å²) >= 11 is 0. The van der Waals surface area contributed by atoms with Gasteiger partial charge in [-0.1, -0.05) is 12.1 Å². The number of aromatic nitrogens is 1. The first-order valence-electron chi connectivity index (χ1n) is 8.86. The van der Waals surface area contributed by atoms with Gasteiger partial charge < -0.3 is 19.2 Å². The first-order chi connectivity index (χ1) is 13.1. The molecule has 0 spiro atoms. The van der Waals surface area contributed by atoms with Crippen LogP contribution < -0.4 is 4.74 Å². The van der Waals surface area contributed by atoms with Crippen LogP contribution in [0.4, 0.5) is 0 Å². The van der Waals surface area contributed by atoms with Gasteiger partial charge in [0.15, 0.2) is 12.7 Å². The maximum atomic E-state index is 12.6. The number of hydrogen-bond donors (Lipinski definition) is 1. The van der Waals surface area contributed by atoms with Crippen LogP contribution in [0, 0.1) is 27.7 Å². The summed E-state index contributed by atoms with van der Waals surface area (Å²) in [6.45, 7) is 8.28. The van der Waals surface area contributed by atoms with Gasteiger partial charge in [-0.25, -0.2) is 9.59 Å². The normalized spacial score (nSPS) is 11.6. The first kappa shape index (κ1) is 21.2. The van der Waals surface area contributed by atoms with E-state index < -0.39 is 23.8 Å². The molecule has 150 valence electrons. The first-order valence-corrected chi connectivity index (χ1v) is 8.86. The van der Waals surface area contributed by atoms with Crippen molar-refractivity contribution in [1.82, 2.24) is 4.98 Å². The number of ketones is 1. The largest absolute Gasteiger partial charge is 0.482 e. The molecule has 28 heavy (non-hydrogen) atoms. The Morgan fingerprint density at radius 1 is 1.11 bits per heavy atom. The summed E-state index contributed by atoms with van der Waals surface area (Å²) in [5, 5.41) is 0. The van der Waals surface area contributed by atoms with E-state index >= 15 is 0 Å². The van der Waals surface area contributed by atoms with E-state index in [4.69, 9.17) is 14.2 Å². The molecule has 0 bridgehead atoms. The molecule has 1 heterocycles. The standard InChI is InChI=1S/C21H25NO6/c1-11-7-8-12(2)16(9-11)27-10-17(23)28-15(5)20(24)19-13(3)18(14(4)22-19)21(25)26-6/h7-9,15,22H,10H2,1-6H3. The summed E-state index contributed by atoms with van der Waals surface area (Å²) in [4.78, 5) is 39.5. The zero-order valence-electron chi connectivity index (χ0n) is 17.0. The van der Waals surface area contributed by atoms with Gasteiger partial charge in [-0.15, -0.1) is 0 Å². The molecule has 0 saturated heterocycles. The molecular formula is C21H25NO6. The molecule has 0 aliphatic carbocycles. The van der Waals surface area contributed by atoms with Crippen LogP contribution >= 0.6 is 0 Å². The van der Waals surface area contributed by atoms with Gasteiger partial charge in [0.1, 0.15) is 5.75 Å². The van der Waals surface area contributed by atoms with Crippen molar-refractivity contribution >= 4 is 17.7 Å². The number of rotatable bonds is 7. The fourth-order valence-corrected chi connectivity index (χ4v) is 2.89. The molecule has 2 aromatic rings. The molecule has 2 rings (SSSR count). The summed E-state index contributed by atoms with van der Waals surface area (Å²) in [6, 6.07) is 5.68. The van der Waals surface area contributed by atoms with E-state index in [0.717, 1.165) is 11.1 Å². The molecule has 0 aliphatic rings. The Balaban J connectivity index is 2.03. The van der Waals surface area contributed by atoms with Crippen molar-refractivity contribution in [3.63, 3.8) is 0 Å². The Morgan fingerprint density at radius 3 is 2.43 bits per heavy atom. The van der Waals surface area contributed by atoms with Gasteiger partial charge in [0.2, 0.25) is 5.78 Å².